The maximum Gasteiger partial charge on any atom is 0.410 e. The van der Waals surface area contributed by atoms with Gasteiger partial charge in [-0.05, 0) is 192 Å². The fraction of sp³-hybridized carbons (Fsp3) is 0.523. The Hall–Kier alpha value is -4.50. The summed E-state index contributed by atoms with van der Waals surface area (Å²) in [6, 6.07) is 32.8. The van der Waals surface area contributed by atoms with Gasteiger partial charge in [-0.2, -0.15) is 0 Å². The third-order valence-electron chi connectivity index (χ3n) is 17.3. The summed E-state index contributed by atoms with van der Waals surface area (Å²) in [5, 5.41) is 1.13. The standard InChI is InChI=1S/C33H51O3P.C16H17O5P.C15H17O4P.CH4/c1-7-35-37(34,27-11-9-8-10-12-27)36-26-17-19-32(5)25(22-26)13-14-28-30-16-15-29(24(4)21-23(2)3)33(30,6)20-18-31(28)32;1-2-20-22(17,11-13-6-4-3-5-7-13)21-14-8-9-15-16(10-14)19-12-18-15;1-3-18-20(17,13-9-5-4-6-10-13)19-15-12(2)8-7-11-14(15)16;/h8-13,23-24,26,28-31H,7,14-22H2,1-6H3;3-10H,2,11-12H2,1H3;4-7,9-11H,3,8H2,1-2H3;1H4/t24-,26+,28+,29-,30+,31+,32+,33-,37?;;;/m1.../s1. The average molecular weight is 1160 g/mol. The molecule has 3 unspecified atom stereocenters. The molecule has 0 saturated heterocycles. The molecule has 3 saturated carbocycles. The first kappa shape index (κ1) is 63.1. The molecule has 6 aliphatic rings. The van der Waals surface area contributed by atoms with Gasteiger partial charge in [0, 0.05) is 6.07 Å². The Morgan fingerprint density at radius 2 is 1.32 bits per heavy atom. The molecule has 12 nitrogen and oxygen atoms in total. The molecule has 0 bridgehead atoms. The van der Waals surface area contributed by atoms with Crippen molar-refractivity contribution in [3.63, 3.8) is 0 Å². The molecule has 11 atom stereocenters. The number of allylic oxidation sites excluding steroid dienone is 4. The van der Waals surface area contributed by atoms with E-state index in [-0.39, 0.29) is 50.0 Å². The van der Waals surface area contributed by atoms with Crippen molar-refractivity contribution in [3.8, 4) is 17.2 Å². The van der Waals surface area contributed by atoms with Crippen LogP contribution in [0.25, 0.3) is 0 Å². The van der Waals surface area contributed by atoms with Gasteiger partial charge in [-0.15, -0.1) is 0 Å². The molecule has 0 N–H and O–H groups in total. The molecule has 15 heteroatoms. The maximum atomic E-state index is 13.8. The fourth-order valence-electron chi connectivity index (χ4n) is 13.8. The van der Waals surface area contributed by atoms with E-state index in [4.69, 9.17) is 36.6 Å². The summed E-state index contributed by atoms with van der Waals surface area (Å²) in [6.45, 7) is 20.9. The van der Waals surface area contributed by atoms with Gasteiger partial charge in [-0.3, -0.25) is 18.4 Å². The van der Waals surface area contributed by atoms with Crippen LogP contribution in [0.1, 0.15) is 140 Å². The molecule has 1 aliphatic heterocycles. The fourth-order valence-corrected chi connectivity index (χ4v) is 19.0. The van der Waals surface area contributed by atoms with Crippen molar-refractivity contribution in [1.82, 2.24) is 0 Å². The lowest BCUT2D eigenvalue weighted by Gasteiger charge is -2.58. The predicted octanol–water partition coefficient (Wildman–Crippen LogP) is 17.4. The number of hydrogen-bond acceptors (Lipinski definition) is 12. The average Bonchev–Trinajstić information content (AvgIpc) is 4.18. The molecule has 0 radical (unpaired) electrons. The lowest BCUT2D eigenvalue weighted by atomic mass is 9.47. The summed E-state index contributed by atoms with van der Waals surface area (Å²) < 4.78 is 84.3. The number of hydrogen-bond donors (Lipinski definition) is 0. The van der Waals surface area contributed by atoms with Crippen LogP contribution < -0.4 is 24.6 Å². The smallest absolute Gasteiger partial charge is 0.410 e. The Balaban J connectivity index is 0.000000185. The van der Waals surface area contributed by atoms with Crippen molar-refractivity contribution in [2.75, 3.05) is 26.6 Å². The molecule has 436 valence electrons. The number of fused-ring (bicyclic) bond motifs is 6. The minimum atomic E-state index is -3.53. The van der Waals surface area contributed by atoms with Crippen LogP contribution in [0.15, 0.2) is 144 Å². The van der Waals surface area contributed by atoms with E-state index in [9.17, 15) is 18.5 Å². The summed E-state index contributed by atoms with van der Waals surface area (Å²) in [5.74, 6) is 6.58. The molecule has 4 aromatic carbocycles. The van der Waals surface area contributed by atoms with Gasteiger partial charge in [0.05, 0.1) is 42.7 Å². The molecule has 1 heterocycles. The van der Waals surface area contributed by atoms with Crippen molar-refractivity contribution in [2.45, 2.75) is 146 Å². The second kappa shape index (κ2) is 27.7. The molecular formula is C65H89O12P3. The molecule has 4 aromatic rings. The number of ether oxygens (including phenoxy) is 2. The van der Waals surface area contributed by atoms with Gasteiger partial charge in [0.2, 0.25) is 12.6 Å². The highest BCUT2D eigenvalue weighted by molar-refractivity contribution is 7.62. The van der Waals surface area contributed by atoms with Crippen LogP contribution in [0, 0.1) is 46.3 Å². The van der Waals surface area contributed by atoms with Gasteiger partial charge in [-0.25, -0.2) is 9.13 Å². The Labute approximate surface area is 478 Å². The summed E-state index contributed by atoms with van der Waals surface area (Å²) in [6.07, 6.45) is 17.9. The van der Waals surface area contributed by atoms with Crippen LogP contribution in [0.4, 0.5) is 0 Å². The molecule has 0 aromatic heterocycles. The zero-order valence-electron chi connectivity index (χ0n) is 48.0. The molecular weight excluding hydrogens is 1070 g/mol. The maximum absolute atomic E-state index is 13.8. The summed E-state index contributed by atoms with van der Waals surface area (Å²) in [7, 11) is -10.1. The zero-order chi connectivity index (χ0) is 56.4. The topological polar surface area (TPSA) is 142 Å². The third-order valence-corrected chi connectivity index (χ3v) is 23.3. The van der Waals surface area contributed by atoms with Crippen LogP contribution >= 0.6 is 22.8 Å². The van der Waals surface area contributed by atoms with Gasteiger partial charge in [0.1, 0.15) is 5.75 Å². The highest BCUT2D eigenvalue weighted by Crippen LogP contribution is 2.68. The third kappa shape index (κ3) is 14.6. The molecule has 0 spiro atoms. The van der Waals surface area contributed by atoms with Crippen molar-refractivity contribution in [3.05, 3.63) is 150 Å². The second-order valence-corrected chi connectivity index (χ2v) is 28.9. The number of rotatable bonds is 19. The lowest BCUT2D eigenvalue weighted by Crippen LogP contribution is -2.51. The first-order chi connectivity index (χ1) is 37.9. The summed E-state index contributed by atoms with van der Waals surface area (Å²) >= 11 is 0. The SMILES string of the molecule is C.CCOP(=O)(Cc1ccccc1)Oc1ccc2c(c1)OCO2.CCOP(=O)(OC1=C(C)CC=CC1=O)c1ccccc1.CCOP(=O)(O[C@H]1CC[C@@]2(C)C(=CC[C@H]3[C@@H]4CC[C@H]([C@H](C)CC(C)C)[C@@]4(C)CC[C@@H]32)C1)c1ccccc1. The van der Waals surface area contributed by atoms with Crippen molar-refractivity contribution < 1.29 is 55.1 Å². The van der Waals surface area contributed by atoms with E-state index in [1.54, 1.807) is 74.9 Å². The van der Waals surface area contributed by atoms with Crippen molar-refractivity contribution in [2.24, 2.45) is 46.3 Å². The van der Waals surface area contributed by atoms with Crippen LogP contribution in [-0.2, 0) is 47.3 Å². The molecule has 80 heavy (non-hydrogen) atoms. The molecule has 10 rings (SSSR count). The van der Waals surface area contributed by atoms with E-state index in [1.807, 2.05) is 73.7 Å². The van der Waals surface area contributed by atoms with Crippen LogP contribution in [0.3, 0.4) is 0 Å². The first-order valence-electron chi connectivity index (χ1n) is 28.8. The highest BCUT2D eigenvalue weighted by Gasteiger charge is 2.59. The van der Waals surface area contributed by atoms with E-state index in [0.717, 1.165) is 65.9 Å². The minimum Gasteiger partial charge on any atom is -0.454 e. The van der Waals surface area contributed by atoms with Gasteiger partial charge in [0.15, 0.2) is 17.3 Å². The Morgan fingerprint density at radius 3 is 1.96 bits per heavy atom. The molecule has 5 aliphatic carbocycles. The molecule has 3 fully saturated rings. The summed E-state index contributed by atoms with van der Waals surface area (Å²) in [4.78, 5) is 11.9. The largest absolute Gasteiger partial charge is 0.454 e. The highest BCUT2D eigenvalue weighted by atomic mass is 31.2. The van der Waals surface area contributed by atoms with Crippen LogP contribution in [0.5, 0.6) is 17.2 Å². The number of carbonyl (C=O) groups is 1. The van der Waals surface area contributed by atoms with Gasteiger partial charge >= 0.3 is 22.8 Å². The predicted molar refractivity (Wildman–Crippen MR) is 321 cm³/mol. The van der Waals surface area contributed by atoms with Crippen LogP contribution in [-0.4, -0.2) is 38.5 Å². The summed E-state index contributed by atoms with van der Waals surface area (Å²) in [5.41, 5.74) is 4.03. The van der Waals surface area contributed by atoms with E-state index in [0.29, 0.717) is 52.9 Å². The lowest BCUT2D eigenvalue weighted by molar-refractivity contribution is -0.113. The Bertz CT molecular complexity index is 2920. The Morgan fingerprint density at radius 1 is 0.700 bits per heavy atom. The quantitative estimate of drug-likeness (QED) is 0.0651. The number of ketones is 1. The first-order valence-corrected chi connectivity index (χ1v) is 33.6. The van der Waals surface area contributed by atoms with Crippen molar-refractivity contribution in [1.29, 1.82) is 0 Å². The Kier molecular flexibility index (Phi) is 21.9. The van der Waals surface area contributed by atoms with E-state index in [1.165, 1.54) is 44.6 Å². The van der Waals surface area contributed by atoms with Crippen LogP contribution in [0.2, 0.25) is 0 Å². The van der Waals surface area contributed by atoms with Gasteiger partial charge < -0.3 is 27.6 Å². The van der Waals surface area contributed by atoms with Gasteiger partial charge in [0.25, 0.3) is 0 Å². The van der Waals surface area contributed by atoms with Gasteiger partial charge in [-0.1, -0.05) is 127 Å². The minimum absolute atomic E-state index is 0. The molecule has 0 amide bonds. The van der Waals surface area contributed by atoms with E-state index < -0.39 is 22.8 Å². The monoisotopic (exact) mass is 1150 g/mol. The normalized spacial score (nSPS) is 27.1. The van der Waals surface area contributed by atoms with E-state index in [2.05, 4.69) is 40.7 Å². The number of benzene rings is 4. The number of carbonyl (C=O) groups excluding carboxylic acids is 1. The van der Waals surface area contributed by atoms with E-state index >= 15 is 0 Å². The second-order valence-electron chi connectivity index (χ2n) is 23.0. The van der Waals surface area contributed by atoms with Crippen molar-refractivity contribution >= 4 is 39.2 Å². The zero-order valence-corrected chi connectivity index (χ0v) is 50.7.